The smallest absolute Gasteiger partial charge is 0.354 e. The van der Waals surface area contributed by atoms with Crippen molar-refractivity contribution >= 4 is 29.5 Å². The van der Waals surface area contributed by atoms with Crippen LogP contribution in [0.5, 0.6) is 0 Å². The molecule has 2 aromatic heterocycles. The van der Waals surface area contributed by atoms with E-state index < -0.39 is 52.1 Å². The number of aromatic amines is 1. The van der Waals surface area contributed by atoms with Gasteiger partial charge in [0.15, 0.2) is 0 Å². The summed E-state index contributed by atoms with van der Waals surface area (Å²) in [6.07, 6.45) is 0. The number of carboxylic acids is 3. The molecule has 0 bridgehead atoms. The lowest BCUT2D eigenvalue weighted by Crippen LogP contribution is -2.36. The average molecular weight is 434 g/mol. The van der Waals surface area contributed by atoms with Crippen molar-refractivity contribution in [1.29, 1.82) is 0 Å². The highest BCUT2D eigenvalue weighted by atomic mass is 16.4. The summed E-state index contributed by atoms with van der Waals surface area (Å²) in [6, 6.07) is 1.65. The number of fused-ring (bicyclic) bond motifs is 3. The molecule has 0 saturated heterocycles. The van der Waals surface area contributed by atoms with Crippen molar-refractivity contribution in [2.75, 3.05) is 34.3 Å². The number of likely N-dealkylation sites (N-methyl/N-ethyl adjacent to an activating group) is 1. The average Bonchev–Trinajstić information content (AvgIpc) is 3.10. The van der Waals surface area contributed by atoms with Crippen LogP contribution in [-0.4, -0.2) is 98.6 Å². The van der Waals surface area contributed by atoms with Crippen molar-refractivity contribution in [3.63, 3.8) is 0 Å². The number of carbonyl (C=O) groups is 5. The van der Waals surface area contributed by atoms with Crippen molar-refractivity contribution in [2.24, 2.45) is 0 Å². The fraction of sp³-hybridized carbons (Fsp3) is 0.263. The number of aliphatic hydroxyl groups is 1. The summed E-state index contributed by atoms with van der Waals surface area (Å²) in [7, 11) is 6.16. The maximum absolute atomic E-state index is 12.1. The van der Waals surface area contributed by atoms with E-state index in [-0.39, 0.29) is 23.4 Å². The quantitative estimate of drug-likeness (QED) is 0.321. The van der Waals surface area contributed by atoms with Crippen molar-refractivity contribution in [1.82, 2.24) is 9.97 Å². The Morgan fingerprint density at radius 3 is 2.00 bits per heavy atom. The van der Waals surface area contributed by atoms with Gasteiger partial charge in [-0.05, 0) is 12.1 Å². The number of carboxylic acid groups (broad SMARTS) is 3. The van der Waals surface area contributed by atoms with Crippen LogP contribution in [0.3, 0.4) is 0 Å². The molecule has 0 amide bonds. The Morgan fingerprint density at radius 1 is 0.968 bits per heavy atom. The van der Waals surface area contributed by atoms with E-state index in [0.717, 1.165) is 23.2 Å². The Kier molecular flexibility index (Phi) is 6.38. The van der Waals surface area contributed by atoms with Crippen LogP contribution < -0.4 is 0 Å². The zero-order valence-corrected chi connectivity index (χ0v) is 16.8. The Balaban J connectivity index is 0.000000423. The number of aromatic nitrogens is 2. The molecular weight excluding hydrogens is 414 g/mol. The number of nitrogens with one attached hydrogen (secondary N) is 1. The molecule has 164 valence electrons. The van der Waals surface area contributed by atoms with Gasteiger partial charge in [-0.15, -0.1) is 0 Å². The molecule has 12 heteroatoms. The lowest BCUT2D eigenvalue weighted by Gasteiger charge is -2.21. The minimum atomic E-state index is -1.58. The van der Waals surface area contributed by atoms with Crippen LogP contribution in [0.1, 0.15) is 52.2 Å². The van der Waals surface area contributed by atoms with Gasteiger partial charge in [0.25, 0.3) is 5.78 Å². The summed E-state index contributed by atoms with van der Waals surface area (Å²) in [5.41, 5.74) is -3.21. The van der Waals surface area contributed by atoms with E-state index in [1.165, 1.54) is 0 Å². The molecule has 0 aromatic carbocycles. The van der Waals surface area contributed by atoms with Gasteiger partial charge in [0.05, 0.1) is 44.6 Å². The topological polar surface area (TPSA) is 195 Å². The molecule has 3 rings (SSSR count). The summed E-state index contributed by atoms with van der Waals surface area (Å²) in [5.74, 6) is -6.87. The number of hydrogen-bond acceptors (Lipinski definition) is 7. The Labute approximate surface area is 175 Å². The first-order valence-electron chi connectivity index (χ1n) is 8.77. The first-order chi connectivity index (χ1) is 14.3. The molecule has 1 aliphatic carbocycles. The van der Waals surface area contributed by atoms with Gasteiger partial charge in [-0.25, -0.2) is 19.4 Å². The molecule has 1 aliphatic rings. The molecule has 0 radical (unpaired) electrons. The van der Waals surface area contributed by atoms with E-state index in [4.69, 9.17) is 15.3 Å². The predicted octanol–water partition coefficient (Wildman–Crippen LogP) is 0.235. The maximum atomic E-state index is 12.1. The molecule has 0 saturated carbocycles. The number of nitrogens with zero attached hydrogens (tertiary/aromatic N) is 2. The van der Waals surface area contributed by atoms with E-state index in [2.05, 4.69) is 31.1 Å². The largest absolute Gasteiger partial charge is 0.478 e. The number of hydrogen-bond donors (Lipinski definition) is 5. The van der Waals surface area contributed by atoms with Gasteiger partial charge in [-0.1, -0.05) is 0 Å². The highest BCUT2D eigenvalue weighted by molar-refractivity contribution is 6.52. The van der Waals surface area contributed by atoms with E-state index in [1.807, 2.05) is 0 Å². The van der Waals surface area contributed by atoms with Gasteiger partial charge in [0.1, 0.15) is 23.6 Å². The molecule has 0 spiro atoms. The normalized spacial score (nSPS) is 12.4. The molecule has 2 aromatic rings. The molecule has 5 N–H and O–H groups in total. The van der Waals surface area contributed by atoms with Crippen LogP contribution in [-0.2, 0) is 0 Å². The highest BCUT2D eigenvalue weighted by Crippen LogP contribution is 2.35. The number of ketones is 2. The predicted molar refractivity (Wildman–Crippen MR) is 104 cm³/mol. The fourth-order valence-corrected chi connectivity index (χ4v) is 2.72. The van der Waals surface area contributed by atoms with Crippen LogP contribution >= 0.6 is 0 Å². The number of aromatic carboxylic acids is 3. The van der Waals surface area contributed by atoms with Crippen LogP contribution in [0.15, 0.2) is 12.1 Å². The summed E-state index contributed by atoms with van der Waals surface area (Å²) in [4.78, 5) is 63.7. The highest BCUT2D eigenvalue weighted by Gasteiger charge is 2.38. The number of quaternary nitrogens is 1. The Hall–Kier alpha value is -3.90. The Morgan fingerprint density at radius 2 is 1.58 bits per heavy atom. The zero-order valence-electron chi connectivity index (χ0n) is 16.8. The molecule has 12 nitrogen and oxygen atoms in total. The third kappa shape index (κ3) is 4.82. The van der Waals surface area contributed by atoms with Gasteiger partial charge in [-0.3, -0.25) is 9.59 Å². The van der Waals surface area contributed by atoms with Crippen molar-refractivity contribution < 1.29 is 48.9 Å². The zero-order chi connectivity index (χ0) is 23.7. The van der Waals surface area contributed by atoms with Gasteiger partial charge in [0.2, 0.25) is 5.78 Å². The number of aliphatic hydroxyl groups excluding tert-OH is 1. The SMILES string of the molecule is C[N+](C)(C)CCO.O=C(O)c1cc(C(=O)O)c2c(n1)C(=O)C(=O)c1cc(C(=O)O)[nH]c1-2. The maximum Gasteiger partial charge on any atom is 0.354 e. The molecule has 31 heavy (non-hydrogen) atoms. The molecule has 2 heterocycles. The lowest BCUT2D eigenvalue weighted by molar-refractivity contribution is -0.870. The van der Waals surface area contributed by atoms with Crippen LogP contribution in [0, 0.1) is 0 Å². The van der Waals surface area contributed by atoms with Crippen LogP contribution in [0.2, 0.25) is 0 Å². The summed E-state index contributed by atoms with van der Waals surface area (Å²) < 4.78 is 0.844. The van der Waals surface area contributed by atoms with Crippen molar-refractivity contribution in [3.05, 3.63) is 40.3 Å². The first kappa shape index (κ1) is 23.4. The Bertz CT molecular complexity index is 1110. The third-order valence-electron chi connectivity index (χ3n) is 4.20. The monoisotopic (exact) mass is 434 g/mol. The van der Waals surface area contributed by atoms with Crippen molar-refractivity contribution in [2.45, 2.75) is 0 Å². The second kappa shape index (κ2) is 8.45. The van der Waals surface area contributed by atoms with Gasteiger partial charge >= 0.3 is 17.9 Å². The first-order valence-corrected chi connectivity index (χ1v) is 8.77. The lowest BCUT2D eigenvalue weighted by atomic mass is 9.88. The number of Topliss-reactive ketones (excluding diaryl/α,β-unsaturated/α-hetero) is 2. The number of rotatable bonds is 5. The van der Waals surface area contributed by atoms with Gasteiger partial charge in [-0.2, -0.15) is 0 Å². The molecule has 0 atom stereocenters. The molecule has 0 fully saturated rings. The minimum absolute atomic E-state index is 0.200. The summed E-state index contributed by atoms with van der Waals surface area (Å²) >= 11 is 0. The summed E-state index contributed by atoms with van der Waals surface area (Å²) in [5, 5.41) is 35.7. The molecule has 0 unspecified atom stereocenters. The number of H-pyrrole nitrogens is 1. The standard InChI is InChI=1S/C14H6N2O8.C5H14NO/c17-10-4-2-6(14(23)24)15-8(4)7-3(12(19)20)1-5(13(21)22)16-9(7)11(10)18;1-6(2,3)4-5-7/h1-2,15H,(H,19,20)(H,21,22)(H,23,24);7H,4-5H2,1-3H3/q;+1. The van der Waals surface area contributed by atoms with E-state index in [9.17, 15) is 29.1 Å². The van der Waals surface area contributed by atoms with Crippen LogP contribution in [0.4, 0.5) is 0 Å². The molecule has 0 aliphatic heterocycles. The van der Waals surface area contributed by atoms with Crippen molar-refractivity contribution in [3.8, 4) is 11.3 Å². The van der Waals surface area contributed by atoms with Gasteiger partial charge < -0.3 is 29.9 Å². The molecular formula is C19H20N3O9+. The third-order valence-corrected chi connectivity index (χ3v) is 4.20. The van der Waals surface area contributed by atoms with E-state index in [1.54, 1.807) is 0 Å². The number of pyridine rings is 1. The summed E-state index contributed by atoms with van der Waals surface area (Å²) in [6.45, 7) is 1.11. The van der Waals surface area contributed by atoms with E-state index in [0.29, 0.717) is 0 Å². The van der Waals surface area contributed by atoms with Gasteiger partial charge in [0, 0.05) is 5.56 Å². The van der Waals surface area contributed by atoms with Crippen LogP contribution in [0.25, 0.3) is 11.3 Å². The second-order valence-corrected chi connectivity index (χ2v) is 7.56. The fourth-order valence-electron chi connectivity index (χ4n) is 2.72. The van der Waals surface area contributed by atoms with E-state index >= 15 is 0 Å². The second-order valence-electron chi connectivity index (χ2n) is 7.56. The number of carbonyl (C=O) groups excluding carboxylic acids is 2. The minimum Gasteiger partial charge on any atom is -0.478 e.